The Bertz CT molecular complexity index is 1230. The second-order valence-electron chi connectivity index (χ2n) is 9.18. The summed E-state index contributed by atoms with van der Waals surface area (Å²) in [5.74, 6) is -1.99. The quantitative estimate of drug-likeness (QED) is 0.146. The Morgan fingerprint density at radius 3 is 2.44 bits per heavy atom. The first-order chi connectivity index (χ1) is 18.8. The number of ether oxygens (including phenoxy) is 1. The molecule has 39 heavy (non-hydrogen) atoms. The molecule has 3 aromatic carbocycles. The Hall–Kier alpha value is -3.22. The van der Waals surface area contributed by atoms with Crippen molar-refractivity contribution >= 4 is 29.1 Å². The maximum atomic E-state index is 13.9. The van der Waals surface area contributed by atoms with Gasteiger partial charge in [-0.05, 0) is 36.1 Å². The number of halogens is 2. The van der Waals surface area contributed by atoms with Gasteiger partial charge in [0.05, 0.1) is 11.4 Å². The molecular formula is C28H34F2N6O2S. The third-order valence-electron chi connectivity index (χ3n) is 6.14. The summed E-state index contributed by atoms with van der Waals surface area (Å²) in [4.78, 5) is 11.9. The van der Waals surface area contributed by atoms with E-state index in [1.165, 1.54) is 22.8 Å². The molecule has 0 spiro atoms. The SMILES string of the molecule is CCCC(N)(SC1NN(c2cc(F)cc(F)c2)NN1c1ccccc1)C(=O)OCNCc1cccc(CC)c1. The van der Waals surface area contributed by atoms with E-state index in [0.717, 1.165) is 35.5 Å². The number of benzene rings is 3. The summed E-state index contributed by atoms with van der Waals surface area (Å²) in [5.41, 5.74) is 15.6. The monoisotopic (exact) mass is 556 g/mol. The van der Waals surface area contributed by atoms with Gasteiger partial charge in [0.2, 0.25) is 0 Å². The molecule has 1 aliphatic heterocycles. The van der Waals surface area contributed by atoms with Gasteiger partial charge < -0.3 is 10.5 Å². The lowest BCUT2D eigenvalue weighted by molar-refractivity contribution is -0.147. The summed E-state index contributed by atoms with van der Waals surface area (Å²) in [7, 11) is 0. The number of nitrogens with zero attached hydrogens (tertiary/aromatic N) is 2. The summed E-state index contributed by atoms with van der Waals surface area (Å²) in [6, 6.07) is 20.7. The van der Waals surface area contributed by atoms with Crippen molar-refractivity contribution in [2.45, 2.75) is 50.0 Å². The van der Waals surface area contributed by atoms with E-state index in [4.69, 9.17) is 10.5 Å². The van der Waals surface area contributed by atoms with Crippen LogP contribution in [-0.2, 0) is 22.5 Å². The molecule has 5 N–H and O–H groups in total. The molecule has 4 rings (SSSR count). The number of carbonyl (C=O) groups excluding carboxylic acids is 1. The molecule has 3 aromatic rings. The molecule has 2 atom stereocenters. The van der Waals surface area contributed by atoms with E-state index in [-0.39, 0.29) is 12.4 Å². The average Bonchev–Trinajstić information content (AvgIpc) is 3.34. The fourth-order valence-corrected chi connectivity index (χ4v) is 5.50. The number of esters is 1. The maximum absolute atomic E-state index is 13.9. The van der Waals surface area contributed by atoms with Crippen LogP contribution in [0.1, 0.15) is 37.8 Å². The Kier molecular flexibility index (Phi) is 9.76. The van der Waals surface area contributed by atoms with Gasteiger partial charge in [-0.2, -0.15) is 5.43 Å². The van der Waals surface area contributed by atoms with Crippen LogP contribution in [0, 0.1) is 11.6 Å². The molecule has 1 saturated heterocycles. The third kappa shape index (κ3) is 7.46. The summed E-state index contributed by atoms with van der Waals surface area (Å²) in [6.45, 7) is 4.59. The predicted molar refractivity (Wildman–Crippen MR) is 151 cm³/mol. The highest BCUT2D eigenvalue weighted by molar-refractivity contribution is 8.02. The highest BCUT2D eigenvalue weighted by Crippen LogP contribution is 2.35. The van der Waals surface area contributed by atoms with Gasteiger partial charge in [0, 0.05) is 24.7 Å². The van der Waals surface area contributed by atoms with E-state index < -0.39 is 28.0 Å². The van der Waals surface area contributed by atoms with Crippen LogP contribution < -0.4 is 32.1 Å². The molecule has 1 aliphatic rings. The molecule has 2 unspecified atom stereocenters. The number of nitrogens with two attached hydrogens (primary N) is 1. The molecule has 8 nitrogen and oxygen atoms in total. The van der Waals surface area contributed by atoms with Gasteiger partial charge in [0.1, 0.15) is 18.4 Å². The second-order valence-corrected chi connectivity index (χ2v) is 10.6. The summed E-state index contributed by atoms with van der Waals surface area (Å²) >= 11 is 1.16. The number of anilines is 2. The second kappa shape index (κ2) is 13.2. The molecular weight excluding hydrogens is 522 g/mol. The lowest BCUT2D eigenvalue weighted by atomic mass is 10.1. The fourth-order valence-electron chi connectivity index (χ4n) is 4.19. The smallest absolute Gasteiger partial charge is 0.338 e. The number of aryl methyl sites for hydroxylation is 1. The van der Waals surface area contributed by atoms with Crippen molar-refractivity contribution in [3.8, 4) is 0 Å². The standard InChI is InChI=1S/C28H34F2N6O2S/c1-3-13-28(31,26(37)38-19-32-18-21-10-8-9-20(4-2)14-21)39-27-33-36(25-16-22(29)15-23(30)17-25)34-35(27)24-11-6-5-7-12-24/h5-12,14-17,27,32-34H,3-4,13,18-19,31H2,1-2H3. The largest absolute Gasteiger partial charge is 0.448 e. The van der Waals surface area contributed by atoms with Crippen molar-refractivity contribution in [3.63, 3.8) is 0 Å². The maximum Gasteiger partial charge on any atom is 0.338 e. The Labute approximate surface area is 231 Å². The van der Waals surface area contributed by atoms with E-state index >= 15 is 0 Å². The zero-order valence-corrected chi connectivity index (χ0v) is 22.8. The zero-order valence-electron chi connectivity index (χ0n) is 22.0. The number of hydrazine groups is 3. The minimum Gasteiger partial charge on any atom is -0.448 e. The van der Waals surface area contributed by atoms with Crippen LogP contribution in [0.25, 0.3) is 0 Å². The summed E-state index contributed by atoms with van der Waals surface area (Å²) in [5, 5.41) is 6.26. The zero-order chi connectivity index (χ0) is 27.8. The Morgan fingerprint density at radius 2 is 1.74 bits per heavy atom. The van der Waals surface area contributed by atoms with E-state index in [0.29, 0.717) is 19.4 Å². The minimum atomic E-state index is -1.39. The number of para-hydroxylation sites is 1. The molecule has 0 bridgehead atoms. The molecule has 0 amide bonds. The number of carbonyl (C=O) groups is 1. The lowest BCUT2D eigenvalue weighted by Crippen LogP contribution is -2.51. The van der Waals surface area contributed by atoms with Crippen molar-refractivity contribution < 1.29 is 18.3 Å². The van der Waals surface area contributed by atoms with Gasteiger partial charge in [-0.25, -0.2) is 18.7 Å². The van der Waals surface area contributed by atoms with E-state index in [1.807, 2.05) is 49.4 Å². The van der Waals surface area contributed by atoms with Crippen molar-refractivity contribution in [3.05, 3.63) is 95.6 Å². The highest BCUT2D eigenvalue weighted by atomic mass is 32.2. The first-order valence-corrected chi connectivity index (χ1v) is 13.7. The number of rotatable bonds is 12. The van der Waals surface area contributed by atoms with Gasteiger partial charge >= 0.3 is 5.97 Å². The fraction of sp³-hybridized carbons (Fsp3) is 0.321. The summed E-state index contributed by atoms with van der Waals surface area (Å²) < 4.78 is 33.4. The molecule has 1 heterocycles. The van der Waals surface area contributed by atoms with Crippen LogP contribution in [-0.4, -0.2) is 23.1 Å². The first kappa shape index (κ1) is 28.8. The normalized spacial score (nSPS) is 16.8. The lowest BCUT2D eigenvalue weighted by Gasteiger charge is -2.32. The van der Waals surface area contributed by atoms with Gasteiger partial charge in [0.15, 0.2) is 10.4 Å². The molecule has 0 radical (unpaired) electrons. The Balaban J connectivity index is 1.46. The minimum absolute atomic E-state index is 0.00580. The van der Waals surface area contributed by atoms with Crippen LogP contribution in [0.2, 0.25) is 0 Å². The summed E-state index contributed by atoms with van der Waals surface area (Å²) in [6.07, 6.45) is 1.94. The number of hydrogen-bond acceptors (Lipinski definition) is 9. The van der Waals surface area contributed by atoms with Gasteiger partial charge in [0.25, 0.3) is 0 Å². The van der Waals surface area contributed by atoms with Crippen LogP contribution in [0.5, 0.6) is 0 Å². The molecule has 0 aromatic heterocycles. The van der Waals surface area contributed by atoms with Crippen LogP contribution in [0.15, 0.2) is 72.8 Å². The van der Waals surface area contributed by atoms with Gasteiger partial charge in [-0.3, -0.25) is 10.3 Å². The first-order valence-electron chi connectivity index (χ1n) is 12.9. The van der Waals surface area contributed by atoms with E-state index in [1.54, 1.807) is 5.01 Å². The highest BCUT2D eigenvalue weighted by Gasteiger charge is 2.43. The molecule has 11 heteroatoms. The van der Waals surface area contributed by atoms with Crippen LogP contribution >= 0.6 is 11.8 Å². The molecule has 0 aliphatic carbocycles. The topological polar surface area (TPSA) is 94.9 Å². The third-order valence-corrected chi connectivity index (χ3v) is 7.48. The molecule has 0 saturated carbocycles. The predicted octanol–water partition coefficient (Wildman–Crippen LogP) is 4.54. The number of nitrogens with one attached hydrogen (secondary N) is 3. The van der Waals surface area contributed by atoms with Gasteiger partial charge in [-0.15, -0.1) is 5.53 Å². The molecule has 1 fully saturated rings. The van der Waals surface area contributed by atoms with Crippen molar-refractivity contribution in [2.75, 3.05) is 16.9 Å². The van der Waals surface area contributed by atoms with Crippen LogP contribution in [0.4, 0.5) is 20.2 Å². The number of hydrogen-bond donors (Lipinski definition) is 4. The van der Waals surface area contributed by atoms with E-state index in [2.05, 4.69) is 35.3 Å². The Morgan fingerprint density at radius 1 is 1.03 bits per heavy atom. The van der Waals surface area contributed by atoms with Crippen molar-refractivity contribution in [1.82, 2.24) is 16.3 Å². The average molecular weight is 557 g/mol. The van der Waals surface area contributed by atoms with Gasteiger partial charge in [-0.1, -0.05) is 74.5 Å². The number of thioether (sulfide) groups is 1. The van der Waals surface area contributed by atoms with E-state index in [9.17, 15) is 13.6 Å². The molecule has 208 valence electrons. The van der Waals surface area contributed by atoms with Crippen molar-refractivity contribution in [1.29, 1.82) is 0 Å². The van der Waals surface area contributed by atoms with Crippen molar-refractivity contribution in [2.24, 2.45) is 5.73 Å². The van der Waals surface area contributed by atoms with Crippen LogP contribution in [0.3, 0.4) is 0 Å².